The first-order chi connectivity index (χ1) is 15.5. The van der Waals surface area contributed by atoms with Gasteiger partial charge < -0.3 is 19.3 Å². The Kier molecular flexibility index (Phi) is 6.03. The summed E-state index contributed by atoms with van der Waals surface area (Å²) in [5.74, 6) is -1.61. The summed E-state index contributed by atoms with van der Waals surface area (Å²) in [5.41, 5.74) is 2.80. The third-order valence-electron chi connectivity index (χ3n) is 5.92. The fourth-order valence-electron chi connectivity index (χ4n) is 4.39. The zero-order valence-electron chi connectivity index (χ0n) is 19.3. The summed E-state index contributed by atoms with van der Waals surface area (Å²) in [5, 5.41) is 0. The molecule has 0 spiro atoms. The topological polar surface area (TPSA) is 59.1 Å². The van der Waals surface area contributed by atoms with E-state index in [0.29, 0.717) is 43.4 Å². The minimum atomic E-state index is -0.895. The van der Waals surface area contributed by atoms with Crippen LogP contribution < -0.4 is 9.64 Å². The lowest BCUT2D eigenvalue weighted by Gasteiger charge is -2.33. The largest absolute Gasteiger partial charge is 0.490 e. The summed E-state index contributed by atoms with van der Waals surface area (Å²) in [6, 6.07) is 4.87. The van der Waals surface area contributed by atoms with Crippen molar-refractivity contribution in [3.05, 3.63) is 58.2 Å². The monoisotopic (exact) mass is 458 g/mol. The lowest BCUT2D eigenvalue weighted by atomic mass is 9.94. The molecule has 4 rings (SSSR count). The van der Waals surface area contributed by atoms with Crippen LogP contribution in [0.25, 0.3) is 0 Å². The van der Waals surface area contributed by atoms with Crippen LogP contribution in [0.1, 0.15) is 47.8 Å². The molecule has 2 aliphatic rings. The van der Waals surface area contributed by atoms with Gasteiger partial charge in [-0.05, 0) is 75.4 Å². The van der Waals surface area contributed by atoms with Gasteiger partial charge in [0.05, 0.1) is 17.8 Å². The van der Waals surface area contributed by atoms with Crippen molar-refractivity contribution in [3.63, 3.8) is 0 Å². The molecule has 0 fully saturated rings. The van der Waals surface area contributed by atoms with Crippen molar-refractivity contribution in [2.24, 2.45) is 0 Å². The van der Waals surface area contributed by atoms with Crippen LogP contribution in [-0.4, -0.2) is 48.7 Å². The summed E-state index contributed by atoms with van der Waals surface area (Å²) in [7, 11) is 0. The normalized spacial score (nSPS) is 15.8. The third kappa shape index (κ3) is 4.65. The number of amides is 2. The fraction of sp³-hybridized carbons (Fsp3) is 0.440. The molecular weight excluding hydrogens is 430 g/mol. The van der Waals surface area contributed by atoms with E-state index < -0.39 is 23.1 Å². The molecule has 0 aliphatic carbocycles. The highest BCUT2D eigenvalue weighted by Crippen LogP contribution is 2.40. The Hall–Kier alpha value is -3.16. The highest BCUT2D eigenvalue weighted by atomic mass is 19.1. The van der Waals surface area contributed by atoms with Crippen LogP contribution in [0, 0.1) is 18.6 Å². The molecule has 0 aromatic heterocycles. The summed E-state index contributed by atoms with van der Waals surface area (Å²) < 4.78 is 39.1. The molecule has 0 radical (unpaired) electrons. The van der Waals surface area contributed by atoms with Gasteiger partial charge in [-0.15, -0.1) is 0 Å². The van der Waals surface area contributed by atoms with Gasteiger partial charge >= 0.3 is 6.09 Å². The highest BCUT2D eigenvalue weighted by molar-refractivity contribution is 6.08. The number of rotatable bonds is 1. The van der Waals surface area contributed by atoms with E-state index in [1.54, 1.807) is 4.90 Å². The van der Waals surface area contributed by atoms with Gasteiger partial charge in [-0.1, -0.05) is 0 Å². The summed E-state index contributed by atoms with van der Waals surface area (Å²) in [6.45, 7) is 8.95. The predicted molar refractivity (Wildman–Crippen MR) is 120 cm³/mol. The number of ether oxygens (including phenoxy) is 2. The van der Waals surface area contributed by atoms with Crippen molar-refractivity contribution in [2.75, 3.05) is 31.1 Å². The van der Waals surface area contributed by atoms with Crippen molar-refractivity contribution in [3.8, 4) is 5.75 Å². The number of fused-ring (bicyclic) bond motifs is 2. The number of hydrogen-bond acceptors (Lipinski definition) is 4. The number of nitrogens with zero attached hydrogens (tertiary/aromatic N) is 2. The van der Waals surface area contributed by atoms with Crippen molar-refractivity contribution in [1.82, 2.24) is 4.90 Å². The minimum Gasteiger partial charge on any atom is -0.490 e. The maximum absolute atomic E-state index is 14.3. The Morgan fingerprint density at radius 1 is 1.06 bits per heavy atom. The van der Waals surface area contributed by atoms with Crippen molar-refractivity contribution < 1.29 is 27.8 Å². The van der Waals surface area contributed by atoms with Crippen LogP contribution in [-0.2, 0) is 17.6 Å². The maximum atomic E-state index is 14.3. The van der Waals surface area contributed by atoms with E-state index in [4.69, 9.17) is 9.47 Å². The number of carbonyl (C=O) groups excluding carboxylic acids is 2. The first kappa shape index (κ1) is 23.0. The van der Waals surface area contributed by atoms with Crippen LogP contribution in [0.2, 0.25) is 0 Å². The molecule has 6 nitrogen and oxygen atoms in total. The Morgan fingerprint density at radius 2 is 1.79 bits per heavy atom. The van der Waals surface area contributed by atoms with E-state index in [2.05, 4.69) is 0 Å². The first-order valence-electron chi connectivity index (χ1n) is 11.1. The average molecular weight is 459 g/mol. The van der Waals surface area contributed by atoms with E-state index in [-0.39, 0.29) is 24.8 Å². The number of hydrogen-bond donors (Lipinski definition) is 0. The summed E-state index contributed by atoms with van der Waals surface area (Å²) in [4.78, 5) is 29.0. The van der Waals surface area contributed by atoms with E-state index >= 15 is 0 Å². The number of benzene rings is 2. The molecule has 2 heterocycles. The van der Waals surface area contributed by atoms with E-state index in [1.807, 2.05) is 33.8 Å². The van der Waals surface area contributed by atoms with Crippen LogP contribution >= 0.6 is 0 Å². The van der Waals surface area contributed by atoms with Gasteiger partial charge in [0.1, 0.15) is 29.6 Å². The molecule has 176 valence electrons. The Balaban J connectivity index is 1.65. The van der Waals surface area contributed by atoms with E-state index in [0.717, 1.165) is 22.8 Å². The van der Waals surface area contributed by atoms with Crippen molar-refractivity contribution in [2.45, 2.75) is 46.1 Å². The molecule has 2 aromatic carbocycles. The highest BCUT2D eigenvalue weighted by Gasteiger charge is 2.32. The smallest absolute Gasteiger partial charge is 0.410 e. The third-order valence-corrected chi connectivity index (χ3v) is 5.92. The number of anilines is 1. The lowest BCUT2D eigenvalue weighted by molar-refractivity contribution is 0.0258. The van der Waals surface area contributed by atoms with E-state index in [1.165, 1.54) is 11.0 Å². The molecule has 2 amide bonds. The van der Waals surface area contributed by atoms with Gasteiger partial charge in [-0.2, -0.15) is 0 Å². The van der Waals surface area contributed by atoms with Crippen LogP contribution in [0.4, 0.5) is 19.3 Å². The molecular formula is C25H28F2N2O4. The average Bonchev–Trinajstić information content (AvgIpc) is 2.95. The molecule has 0 bridgehead atoms. The van der Waals surface area contributed by atoms with Crippen molar-refractivity contribution >= 4 is 17.7 Å². The molecule has 8 heteroatoms. The Morgan fingerprint density at radius 3 is 2.48 bits per heavy atom. The second-order valence-electron chi connectivity index (χ2n) is 9.38. The van der Waals surface area contributed by atoms with Gasteiger partial charge in [0.2, 0.25) is 0 Å². The van der Waals surface area contributed by atoms with Crippen LogP contribution in [0.15, 0.2) is 24.3 Å². The molecule has 2 aliphatic heterocycles. The summed E-state index contributed by atoms with van der Waals surface area (Å²) >= 11 is 0. The Labute approximate surface area is 192 Å². The molecule has 0 N–H and O–H groups in total. The SMILES string of the molecule is Cc1c2c(cc3c1N(C(=O)c1ccc(F)cc1F)CCO3)CCN(C(=O)OC(C)(C)C)CC2. The quantitative estimate of drug-likeness (QED) is 0.624. The second-order valence-corrected chi connectivity index (χ2v) is 9.38. The molecule has 0 saturated carbocycles. The maximum Gasteiger partial charge on any atom is 0.410 e. The summed E-state index contributed by atoms with van der Waals surface area (Å²) in [6.07, 6.45) is 0.880. The lowest BCUT2D eigenvalue weighted by Crippen LogP contribution is -2.39. The fourth-order valence-corrected chi connectivity index (χ4v) is 4.39. The van der Waals surface area contributed by atoms with Gasteiger partial charge in [-0.25, -0.2) is 13.6 Å². The zero-order chi connectivity index (χ0) is 23.9. The van der Waals surface area contributed by atoms with E-state index in [9.17, 15) is 18.4 Å². The van der Waals surface area contributed by atoms with Crippen LogP contribution in [0.3, 0.4) is 0 Å². The van der Waals surface area contributed by atoms with Crippen LogP contribution in [0.5, 0.6) is 5.75 Å². The standard InChI is InChI=1S/C25H28F2N2O4/c1-15-18-8-10-28(24(31)33-25(2,3)4)9-7-16(18)13-21-22(15)29(11-12-32-21)23(30)19-6-5-17(26)14-20(19)27/h5-6,13-14H,7-12H2,1-4H3. The van der Waals surface area contributed by atoms with Gasteiger partial charge in [0.25, 0.3) is 5.91 Å². The van der Waals surface area contributed by atoms with Gasteiger partial charge in [0, 0.05) is 19.2 Å². The first-order valence-corrected chi connectivity index (χ1v) is 11.1. The van der Waals surface area contributed by atoms with Gasteiger partial charge in [0.15, 0.2) is 0 Å². The predicted octanol–water partition coefficient (Wildman–Crippen LogP) is 4.65. The van der Waals surface area contributed by atoms with Crippen molar-refractivity contribution in [1.29, 1.82) is 0 Å². The second kappa shape index (κ2) is 8.65. The molecule has 33 heavy (non-hydrogen) atoms. The zero-order valence-corrected chi connectivity index (χ0v) is 19.3. The molecule has 0 unspecified atom stereocenters. The number of carbonyl (C=O) groups is 2. The molecule has 2 aromatic rings. The molecule has 0 saturated heterocycles. The van der Waals surface area contributed by atoms with Gasteiger partial charge in [-0.3, -0.25) is 4.79 Å². The minimum absolute atomic E-state index is 0.185. The Bertz CT molecular complexity index is 1110. The molecule has 0 atom stereocenters. The number of halogens is 2.